The third-order valence-corrected chi connectivity index (χ3v) is 5.51. The van der Waals surface area contributed by atoms with Gasteiger partial charge in [0.1, 0.15) is 12.0 Å². The summed E-state index contributed by atoms with van der Waals surface area (Å²) in [6.45, 7) is 3.70. The SMILES string of the molecule is O=C(NCCN1CCCC1)c1nc(-c2cn(-c3ncccn3)cn2)n2ccccc12.O=C(O)C(F)(F)F. The summed E-state index contributed by atoms with van der Waals surface area (Å²) in [7, 11) is 0. The predicted octanol–water partition coefficient (Wildman–Crippen LogP) is 2.44. The van der Waals surface area contributed by atoms with Crippen LogP contribution in [0.15, 0.2) is 55.4 Å². The average Bonchev–Trinajstić information content (AvgIpc) is 3.64. The van der Waals surface area contributed by atoms with Crippen molar-refractivity contribution in [1.82, 2.24) is 39.1 Å². The summed E-state index contributed by atoms with van der Waals surface area (Å²) in [4.78, 5) is 41.7. The largest absolute Gasteiger partial charge is 0.490 e. The number of carboxylic acid groups (broad SMARTS) is 1. The van der Waals surface area contributed by atoms with Gasteiger partial charge in [0.2, 0.25) is 5.95 Å². The zero-order chi connectivity index (χ0) is 26.4. The monoisotopic (exact) mass is 516 g/mol. The lowest BCUT2D eigenvalue weighted by molar-refractivity contribution is -0.192. The van der Waals surface area contributed by atoms with Crippen molar-refractivity contribution in [2.45, 2.75) is 19.0 Å². The molecule has 0 aliphatic carbocycles. The minimum Gasteiger partial charge on any atom is -0.475 e. The van der Waals surface area contributed by atoms with Gasteiger partial charge >= 0.3 is 12.1 Å². The molecule has 0 atom stereocenters. The highest BCUT2D eigenvalue weighted by Crippen LogP contribution is 2.22. The Hall–Kier alpha value is -4.33. The first-order chi connectivity index (χ1) is 17.7. The molecular weight excluding hydrogens is 493 g/mol. The maximum Gasteiger partial charge on any atom is 0.490 e. The molecule has 0 radical (unpaired) electrons. The number of carbonyl (C=O) groups excluding carboxylic acids is 1. The van der Waals surface area contributed by atoms with E-state index in [4.69, 9.17) is 9.90 Å². The zero-order valence-electron chi connectivity index (χ0n) is 19.5. The van der Waals surface area contributed by atoms with E-state index in [0.29, 0.717) is 29.7 Å². The summed E-state index contributed by atoms with van der Waals surface area (Å²) in [6, 6.07) is 7.46. The van der Waals surface area contributed by atoms with E-state index >= 15 is 0 Å². The van der Waals surface area contributed by atoms with E-state index in [1.807, 2.05) is 35.0 Å². The Morgan fingerprint density at radius 3 is 2.43 bits per heavy atom. The minimum atomic E-state index is -5.08. The number of pyridine rings is 1. The number of aromatic nitrogens is 6. The lowest BCUT2D eigenvalue weighted by atomic mass is 10.3. The molecule has 194 valence electrons. The van der Waals surface area contributed by atoms with Gasteiger partial charge in [0, 0.05) is 37.9 Å². The van der Waals surface area contributed by atoms with Gasteiger partial charge in [-0.1, -0.05) is 6.07 Å². The number of fused-ring (bicyclic) bond motifs is 1. The Bertz CT molecular complexity index is 1360. The second-order valence-electron chi connectivity index (χ2n) is 8.06. The van der Waals surface area contributed by atoms with E-state index < -0.39 is 12.1 Å². The number of amides is 1. The van der Waals surface area contributed by atoms with E-state index in [-0.39, 0.29) is 5.91 Å². The maximum atomic E-state index is 12.9. The van der Waals surface area contributed by atoms with Gasteiger partial charge < -0.3 is 15.3 Å². The molecule has 0 bridgehead atoms. The van der Waals surface area contributed by atoms with E-state index in [0.717, 1.165) is 25.2 Å². The molecule has 5 heterocycles. The number of halogens is 3. The number of nitrogens with zero attached hydrogens (tertiary/aromatic N) is 7. The first-order valence-electron chi connectivity index (χ1n) is 11.3. The summed E-state index contributed by atoms with van der Waals surface area (Å²) >= 11 is 0. The summed E-state index contributed by atoms with van der Waals surface area (Å²) in [6.07, 6.45) is 6.09. The molecule has 0 unspecified atom stereocenters. The molecule has 11 nitrogen and oxygen atoms in total. The van der Waals surface area contributed by atoms with Crippen molar-refractivity contribution in [2.75, 3.05) is 26.2 Å². The number of carbonyl (C=O) groups is 2. The smallest absolute Gasteiger partial charge is 0.475 e. The second-order valence-corrected chi connectivity index (χ2v) is 8.06. The van der Waals surface area contributed by atoms with E-state index in [1.165, 1.54) is 12.8 Å². The first-order valence-corrected chi connectivity index (χ1v) is 11.3. The fourth-order valence-electron chi connectivity index (χ4n) is 3.78. The van der Waals surface area contributed by atoms with Crippen molar-refractivity contribution in [3.05, 3.63) is 61.1 Å². The molecule has 1 saturated heterocycles. The van der Waals surface area contributed by atoms with Crippen LogP contribution in [0.4, 0.5) is 13.2 Å². The van der Waals surface area contributed by atoms with Crippen LogP contribution in [0.3, 0.4) is 0 Å². The van der Waals surface area contributed by atoms with Gasteiger partial charge in [-0.2, -0.15) is 13.2 Å². The standard InChI is InChI=1S/C21H22N8O.C2HF3O2/c30-20(22-9-13-27-10-3-4-11-27)18-17-6-1-2-12-29(17)19(26-18)16-14-28(15-25-16)21-23-7-5-8-24-21;3-2(4,5)1(6)7/h1-2,5-8,12,14-15H,3-4,9-11,13H2,(H,22,30);(H,6,7). The quantitative estimate of drug-likeness (QED) is 0.400. The molecule has 1 fully saturated rings. The molecule has 1 aliphatic rings. The molecule has 4 aromatic rings. The number of nitrogens with one attached hydrogen (secondary N) is 1. The van der Waals surface area contributed by atoms with Crippen LogP contribution in [-0.4, -0.2) is 83.1 Å². The highest BCUT2D eigenvalue weighted by atomic mass is 19.4. The van der Waals surface area contributed by atoms with Crippen molar-refractivity contribution in [3.63, 3.8) is 0 Å². The topological polar surface area (TPSA) is 131 Å². The van der Waals surface area contributed by atoms with Gasteiger partial charge in [-0.05, 0) is 44.1 Å². The second kappa shape index (κ2) is 11.2. The number of likely N-dealkylation sites (tertiary alicyclic amines) is 1. The van der Waals surface area contributed by atoms with Gasteiger partial charge in [-0.15, -0.1) is 0 Å². The van der Waals surface area contributed by atoms with Crippen LogP contribution in [0, 0.1) is 0 Å². The van der Waals surface area contributed by atoms with Crippen molar-refractivity contribution in [1.29, 1.82) is 0 Å². The van der Waals surface area contributed by atoms with Gasteiger partial charge in [0.05, 0.1) is 5.52 Å². The van der Waals surface area contributed by atoms with Crippen molar-refractivity contribution in [2.24, 2.45) is 0 Å². The van der Waals surface area contributed by atoms with Gasteiger partial charge in [-0.3, -0.25) is 13.8 Å². The third kappa shape index (κ3) is 6.27. The molecule has 14 heteroatoms. The minimum absolute atomic E-state index is 0.171. The van der Waals surface area contributed by atoms with Crippen molar-refractivity contribution >= 4 is 17.4 Å². The Labute approximate surface area is 208 Å². The van der Waals surface area contributed by atoms with Gasteiger partial charge in [0.15, 0.2) is 11.5 Å². The Balaban J connectivity index is 0.000000405. The molecule has 37 heavy (non-hydrogen) atoms. The number of imidazole rings is 2. The van der Waals surface area contributed by atoms with Crippen LogP contribution in [-0.2, 0) is 4.79 Å². The Kier molecular flexibility index (Phi) is 7.77. The van der Waals surface area contributed by atoms with Crippen LogP contribution < -0.4 is 5.32 Å². The van der Waals surface area contributed by atoms with Crippen LogP contribution in [0.5, 0.6) is 0 Å². The van der Waals surface area contributed by atoms with Crippen LogP contribution in [0.2, 0.25) is 0 Å². The molecule has 1 amide bonds. The van der Waals surface area contributed by atoms with E-state index in [9.17, 15) is 18.0 Å². The summed E-state index contributed by atoms with van der Waals surface area (Å²) < 4.78 is 35.4. The molecule has 0 aromatic carbocycles. The third-order valence-electron chi connectivity index (χ3n) is 5.51. The number of alkyl halides is 3. The molecular formula is C23H23F3N8O3. The first kappa shape index (κ1) is 25.8. The fourth-order valence-corrected chi connectivity index (χ4v) is 3.78. The fraction of sp³-hybridized carbons (Fsp3) is 0.304. The van der Waals surface area contributed by atoms with Gasteiger partial charge in [0.25, 0.3) is 5.91 Å². The maximum absolute atomic E-state index is 12.9. The van der Waals surface area contributed by atoms with Crippen LogP contribution >= 0.6 is 0 Å². The Morgan fingerprint density at radius 1 is 1.05 bits per heavy atom. The van der Waals surface area contributed by atoms with Crippen molar-refractivity contribution in [3.8, 4) is 17.5 Å². The van der Waals surface area contributed by atoms with Gasteiger partial charge in [-0.25, -0.2) is 24.7 Å². The molecule has 2 N–H and O–H groups in total. The average molecular weight is 516 g/mol. The number of rotatable bonds is 6. The molecule has 0 saturated carbocycles. The highest BCUT2D eigenvalue weighted by Gasteiger charge is 2.38. The molecule has 0 spiro atoms. The summed E-state index contributed by atoms with van der Waals surface area (Å²) in [5.41, 5.74) is 1.79. The normalized spacial score (nSPS) is 13.8. The van der Waals surface area contributed by atoms with Crippen LogP contribution in [0.25, 0.3) is 23.0 Å². The number of hydrogen-bond acceptors (Lipinski definition) is 7. The highest BCUT2D eigenvalue weighted by molar-refractivity contribution is 5.99. The number of hydrogen-bond donors (Lipinski definition) is 2. The lowest BCUT2D eigenvalue weighted by Gasteiger charge is -2.14. The summed E-state index contributed by atoms with van der Waals surface area (Å²) in [5, 5.41) is 10.1. The number of carboxylic acids is 1. The predicted molar refractivity (Wildman–Crippen MR) is 125 cm³/mol. The molecule has 5 rings (SSSR count). The molecule has 4 aromatic heterocycles. The van der Waals surface area contributed by atoms with Crippen molar-refractivity contribution < 1.29 is 27.9 Å². The molecule has 1 aliphatic heterocycles. The lowest BCUT2D eigenvalue weighted by Crippen LogP contribution is -2.33. The van der Waals surface area contributed by atoms with Crippen LogP contribution in [0.1, 0.15) is 23.3 Å². The Morgan fingerprint density at radius 2 is 1.76 bits per heavy atom. The van der Waals surface area contributed by atoms with E-state index in [2.05, 4.69) is 30.2 Å². The van der Waals surface area contributed by atoms with E-state index in [1.54, 1.807) is 29.4 Å². The summed E-state index contributed by atoms with van der Waals surface area (Å²) in [5.74, 6) is -1.80. The number of aliphatic carboxylic acids is 1. The zero-order valence-corrected chi connectivity index (χ0v) is 19.5.